The predicted molar refractivity (Wildman–Crippen MR) is 63.4 cm³/mol. The Morgan fingerprint density at radius 2 is 1.95 bits per heavy atom. The number of pyridine rings is 1. The number of rotatable bonds is 1. The van der Waals surface area contributed by atoms with Crippen molar-refractivity contribution >= 4 is 0 Å². The van der Waals surface area contributed by atoms with E-state index >= 15 is 0 Å². The summed E-state index contributed by atoms with van der Waals surface area (Å²) in [5.41, 5.74) is -0.114. The van der Waals surface area contributed by atoms with Crippen molar-refractivity contribution in [2.45, 2.75) is 32.0 Å². The molecular weight excluding hydrogens is 274 g/mol. The van der Waals surface area contributed by atoms with Gasteiger partial charge >= 0.3 is 6.18 Å². The van der Waals surface area contributed by atoms with Gasteiger partial charge in [0, 0.05) is 17.8 Å². The minimum absolute atomic E-state index is 0.158. The first-order chi connectivity index (χ1) is 9.45. The smallest absolute Gasteiger partial charge is 0.269 e. The van der Waals surface area contributed by atoms with Gasteiger partial charge in [-0.2, -0.15) is 18.3 Å². The zero-order chi connectivity index (χ0) is 14.3. The highest BCUT2D eigenvalue weighted by atomic mass is 19.4. The molecule has 0 atom stereocenters. The van der Waals surface area contributed by atoms with Crippen molar-refractivity contribution in [2.24, 2.45) is 0 Å². The molecule has 0 radical (unpaired) electrons. The molecule has 0 spiro atoms. The lowest BCUT2D eigenvalue weighted by Gasteiger charge is -2.11. The molecule has 0 bridgehead atoms. The lowest BCUT2D eigenvalue weighted by Crippen LogP contribution is -2.10. The molecule has 1 aliphatic heterocycles. The van der Waals surface area contributed by atoms with Crippen molar-refractivity contribution in [1.29, 1.82) is 0 Å². The zero-order valence-electron chi connectivity index (χ0n) is 10.4. The summed E-state index contributed by atoms with van der Waals surface area (Å²) in [4.78, 5) is 3.08. The first kappa shape index (κ1) is 13.1. The molecule has 3 rings (SSSR count). The van der Waals surface area contributed by atoms with Crippen LogP contribution in [-0.2, 0) is 19.1 Å². The minimum atomic E-state index is -4.60. The maximum absolute atomic E-state index is 13.7. The van der Waals surface area contributed by atoms with E-state index in [1.807, 2.05) is 0 Å². The fourth-order valence-electron chi connectivity index (χ4n) is 2.34. The Labute approximate surface area is 112 Å². The van der Waals surface area contributed by atoms with Gasteiger partial charge in [-0.05, 0) is 31.4 Å². The third-order valence-electron chi connectivity index (χ3n) is 3.34. The molecule has 20 heavy (non-hydrogen) atoms. The van der Waals surface area contributed by atoms with Gasteiger partial charge in [0.1, 0.15) is 5.69 Å². The maximum atomic E-state index is 13.7. The second-order valence-corrected chi connectivity index (χ2v) is 4.75. The number of fused-ring (bicyclic) bond motifs is 1. The van der Waals surface area contributed by atoms with Crippen molar-refractivity contribution in [3.8, 4) is 11.3 Å². The second kappa shape index (κ2) is 4.57. The van der Waals surface area contributed by atoms with Crippen LogP contribution in [0.4, 0.5) is 17.6 Å². The van der Waals surface area contributed by atoms with E-state index in [0.717, 1.165) is 25.0 Å². The fraction of sp³-hybridized carbons (Fsp3) is 0.385. The standard InChI is InChI=1S/C13H11F4N3/c14-10-7-18-12(13(15,16)17)6-9(10)11-5-8-3-1-2-4-20(8)19-11/h5-7H,1-4H2. The highest BCUT2D eigenvalue weighted by Gasteiger charge is 2.33. The third-order valence-corrected chi connectivity index (χ3v) is 3.34. The van der Waals surface area contributed by atoms with Crippen LogP contribution in [-0.4, -0.2) is 14.8 Å². The molecule has 7 heteroatoms. The first-order valence-corrected chi connectivity index (χ1v) is 6.25. The van der Waals surface area contributed by atoms with Crippen molar-refractivity contribution in [2.75, 3.05) is 0 Å². The average molecular weight is 285 g/mol. The maximum Gasteiger partial charge on any atom is 0.433 e. The van der Waals surface area contributed by atoms with Gasteiger partial charge in [-0.1, -0.05) is 0 Å². The summed E-state index contributed by atoms with van der Waals surface area (Å²) in [7, 11) is 0. The van der Waals surface area contributed by atoms with Crippen molar-refractivity contribution in [1.82, 2.24) is 14.8 Å². The topological polar surface area (TPSA) is 30.7 Å². The summed E-state index contributed by atoms with van der Waals surface area (Å²) in [6.45, 7) is 0.716. The van der Waals surface area contributed by atoms with Crippen LogP contribution in [0.5, 0.6) is 0 Å². The van der Waals surface area contributed by atoms with Gasteiger partial charge in [0.2, 0.25) is 0 Å². The lowest BCUT2D eigenvalue weighted by atomic mass is 10.1. The largest absolute Gasteiger partial charge is 0.433 e. The Morgan fingerprint density at radius 3 is 2.65 bits per heavy atom. The Kier molecular flexibility index (Phi) is 2.99. The molecule has 0 aliphatic carbocycles. The van der Waals surface area contributed by atoms with Gasteiger partial charge < -0.3 is 0 Å². The zero-order valence-corrected chi connectivity index (χ0v) is 10.4. The van der Waals surface area contributed by atoms with Gasteiger partial charge in [0.15, 0.2) is 5.82 Å². The van der Waals surface area contributed by atoms with Crippen LogP contribution in [0.3, 0.4) is 0 Å². The Bertz CT molecular complexity index is 622. The summed E-state index contributed by atoms with van der Waals surface area (Å²) < 4.78 is 53.4. The highest BCUT2D eigenvalue weighted by molar-refractivity contribution is 5.60. The lowest BCUT2D eigenvalue weighted by molar-refractivity contribution is -0.141. The monoisotopic (exact) mass is 285 g/mol. The molecule has 3 heterocycles. The SMILES string of the molecule is Fc1cnc(C(F)(F)F)cc1-c1cc2n(n1)CCCC2. The number of hydrogen-bond donors (Lipinski definition) is 0. The van der Waals surface area contributed by atoms with Crippen LogP contribution in [0.25, 0.3) is 11.3 Å². The Hall–Kier alpha value is -1.92. The Morgan fingerprint density at radius 1 is 1.15 bits per heavy atom. The molecule has 1 aliphatic rings. The molecule has 0 fully saturated rings. The second-order valence-electron chi connectivity index (χ2n) is 4.75. The van der Waals surface area contributed by atoms with Gasteiger partial charge in [0.05, 0.1) is 11.9 Å². The Balaban J connectivity index is 2.07. The number of alkyl halides is 3. The molecule has 3 nitrogen and oxygen atoms in total. The van der Waals surface area contributed by atoms with E-state index in [4.69, 9.17) is 0 Å². The molecule has 0 aromatic carbocycles. The normalized spacial score (nSPS) is 15.2. The van der Waals surface area contributed by atoms with E-state index in [9.17, 15) is 17.6 Å². The summed E-state index contributed by atoms with van der Waals surface area (Å²) in [5, 5.41) is 4.19. The van der Waals surface area contributed by atoms with Crippen LogP contribution in [0.2, 0.25) is 0 Å². The van der Waals surface area contributed by atoms with E-state index in [2.05, 4.69) is 10.1 Å². The van der Waals surface area contributed by atoms with Crippen LogP contribution in [0.1, 0.15) is 24.2 Å². The number of aryl methyl sites for hydroxylation is 2. The predicted octanol–water partition coefficient (Wildman–Crippen LogP) is 3.44. The summed E-state index contributed by atoms with van der Waals surface area (Å²) >= 11 is 0. The number of hydrogen-bond acceptors (Lipinski definition) is 2. The molecule has 0 saturated carbocycles. The van der Waals surface area contributed by atoms with Gasteiger partial charge in [-0.25, -0.2) is 9.37 Å². The number of aromatic nitrogens is 3. The molecule has 0 amide bonds. The van der Waals surface area contributed by atoms with E-state index in [-0.39, 0.29) is 11.3 Å². The van der Waals surface area contributed by atoms with Gasteiger partial charge in [-0.15, -0.1) is 0 Å². The number of halogens is 4. The van der Waals surface area contributed by atoms with E-state index in [0.29, 0.717) is 18.8 Å². The quantitative estimate of drug-likeness (QED) is 0.751. The molecule has 0 N–H and O–H groups in total. The van der Waals surface area contributed by atoms with Gasteiger partial charge in [-0.3, -0.25) is 4.68 Å². The van der Waals surface area contributed by atoms with Crippen molar-refractivity contribution in [3.63, 3.8) is 0 Å². The molecule has 2 aromatic heterocycles. The third kappa shape index (κ3) is 2.28. The highest BCUT2D eigenvalue weighted by Crippen LogP contribution is 2.32. The fourth-order valence-corrected chi connectivity index (χ4v) is 2.34. The molecular formula is C13H11F4N3. The van der Waals surface area contributed by atoms with E-state index < -0.39 is 17.7 Å². The summed E-state index contributed by atoms with van der Waals surface area (Å²) in [6.07, 6.45) is -1.21. The van der Waals surface area contributed by atoms with Gasteiger partial charge in [0.25, 0.3) is 0 Å². The van der Waals surface area contributed by atoms with Crippen LogP contribution >= 0.6 is 0 Å². The van der Waals surface area contributed by atoms with Crippen molar-refractivity contribution < 1.29 is 17.6 Å². The van der Waals surface area contributed by atoms with Crippen LogP contribution < -0.4 is 0 Å². The first-order valence-electron chi connectivity index (χ1n) is 6.25. The summed E-state index contributed by atoms with van der Waals surface area (Å²) in [5.74, 6) is -0.798. The molecule has 106 valence electrons. The molecule has 2 aromatic rings. The van der Waals surface area contributed by atoms with Crippen LogP contribution in [0, 0.1) is 5.82 Å². The minimum Gasteiger partial charge on any atom is -0.269 e. The van der Waals surface area contributed by atoms with E-state index in [1.54, 1.807) is 10.7 Å². The van der Waals surface area contributed by atoms with E-state index in [1.165, 1.54) is 0 Å². The average Bonchev–Trinajstić information content (AvgIpc) is 2.81. The molecule has 0 saturated heterocycles. The van der Waals surface area contributed by atoms with Crippen molar-refractivity contribution in [3.05, 3.63) is 35.5 Å². The summed E-state index contributed by atoms with van der Waals surface area (Å²) in [6, 6.07) is 2.36. The number of nitrogens with zero attached hydrogens (tertiary/aromatic N) is 3. The van der Waals surface area contributed by atoms with Crippen LogP contribution in [0.15, 0.2) is 18.3 Å². The molecule has 0 unspecified atom stereocenters.